The van der Waals surface area contributed by atoms with Gasteiger partial charge in [0.1, 0.15) is 11.9 Å². The van der Waals surface area contributed by atoms with Crippen molar-refractivity contribution in [2.75, 3.05) is 11.9 Å². The van der Waals surface area contributed by atoms with Gasteiger partial charge in [-0.1, -0.05) is 24.3 Å². The monoisotopic (exact) mass is 289 g/mol. The van der Waals surface area contributed by atoms with E-state index >= 15 is 0 Å². The number of para-hydroxylation sites is 1. The SMILES string of the molecule is C=CCNc1nc2c(cc1C#N)c(C)nn2-c1ccccc1. The maximum atomic E-state index is 9.31. The molecule has 1 N–H and O–H groups in total. The Morgan fingerprint density at radius 3 is 2.82 bits per heavy atom. The van der Waals surface area contributed by atoms with Gasteiger partial charge in [-0.3, -0.25) is 0 Å². The lowest BCUT2D eigenvalue weighted by Gasteiger charge is -2.07. The summed E-state index contributed by atoms with van der Waals surface area (Å²) in [5.74, 6) is 0.548. The molecule has 0 fully saturated rings. The molecular weight excluding hydrogens is 274 g/mol. The zero-order valence-corrected chi connectivity index (χ0v) is 12.2. The zero-order chi connectivity index (χ0) is 15.5. The van der Waals surface area contributed by atoms with E-state index in [-0.39, 0.29) is 0 Å². The second-order valence-corrected chi connectivity index (χ2v) is 4.87. The van der Waals surface area contributed by atoms with Crippen LogP contribution in [0.5, 0.6) is 0 Å². The molecule has 3 aromatic rings. The highest BCUT2D eigenvalue weighted by Crippen LogP contribution is 2.24. The van der Waals surface area contributed by atoms with Gasteiger partial charge in [-0.15, -0.1) is 6.58 Å². The van der Waals surface area contributed by atoms with Crippen LogP contribution in [0.4, 0.5) is 5.82 Å². The number of anilines is 1. The topological polar surface area (TPSA) is 66.5 Å². The van der Waals surface area contributed by atoms with E-state index in [0.717, 1.165) is 22.4 Å². The van der Waals surface area contributed by atoms with Gasteiger partial charge in [0.25, 0.3) is 0 Å². The molecule has 0 radical (unpaired) electrons. The Kier molecular flexibility index (Phi) is 3.58. The molecule has 0 aliphatic rings. The molecular formula is C17H15N5. The van der Waals surface area contributed by atoms with Crippen molar-refractivity contribution in [1.82, 2.24) is 14.8 Å². The van der Waals surface area contributed by atoms with E-state index in [0.29, 0.717) is 17.9 Å². The zero-order valence-electron chi connectivity index (χ0n) is 12.2. The fraction of sp³-hybridized carbons (Fsp3) is 0.118. The Morgan fingerprint density at radius 2 is 2.14 bits per heavy atom. The van der Waals surface area contributed by atoms with E-state index in [4.69, 9.17) is 0 Å². The number of pyridine rings is 1. The van der Waals surface area contributed by atoms with Gasteiger partial charge in [-0.25, -0.2) is 9.67 Å². The van der Waals surface area contributed by atoms with Gasteiger partial charge < -0.3 is 5.32 Å². The van der Waals surface area contributed by atoms with Crippen LogP contribution in [0.1, 0.15) is 11.3 Å². The van der Waals surface area contributed by atoms with Crippen molar-refractivity contribution >= 4 is 16.9 Å². The fourth-order valence-corrected chi connectivity index (χ4v) is 2.32. The minimum absolute atomic E-state index is 0.505. The Morgan fingerprint density at radius 1 is 1.36 bits per heavy atom. The molecule has 0 amide bonds. The van der Waals surface area contributed by atoms with Crippen LogP contribution in [0.15, 0.2) is 49.1 Å². The van der Waals surface area contributed by atoms with E-state index < -0.39 is 0 Å². The van der Waals surface area contributed by atoms with E-state index in [1.54, 1.807) is 10.8 Å². The van der Waals surface area contributed by atoms with Crippen LogP contribution in [-0.2, 0) is 0 Å². The van der Waals surface area contributed by atoms with E-state index in [9.17, 15) is 5.26 Å². The summed E-state index contributed by atoms with van der Waals surface area (Å²) in [5.41, 5.74) is 3.02. The van der Waals surface area contributed by atoms with E-state index in [1.807, 2.05) is 43.3 Å². The number of hydrogen-bond acceptors (Lipinski definition) is 4. The number of aromatic nitrogens is 3. The molecule has 1 aromatic carbocycles. The molecule has 5 nitrogen and oxygen atoms in total. The number of fused-ring (bicyclic) bond motifs is 1. The molecule has 2 heterocycles. The number of nitrogens with one attached hydrogen (secondary N) is 1. The average Bonchev–Trinajstić information content (AvgIpc) is 2.89. The summed E-state index contributed by atoms with van der Waals surface area (Å²) >= 11 is 0. The summed E-state index contributed by atoms with van der Waals surface area (Å²) in [5, 5.41) is 17.8. The Balaban J connectivity index is 2.24. The third kappa shape index (κ3) is 2.31. The molecule has 108 valence electrons. The van der Waals surface area contributed by atoms with Gasteiger partial charge in [0.15, 0.2) is 5.65 Å². The molecule has 3 rings (SSSR count). The summed E-state index contributed by atoms with van der Waals surface area (Å²) in [6.07, 6.45) is 1.73. The molecule has 2 aromatic heterocycles. The highest BCUT2D eigenvalue weighted by molar-refractivity contribution is 5.84. The largest absolute Gasteiger partial charge is 0.365 e. The Bertz CT molecular complexity index is 871. The van der Waals surface area contributed by atoms with Crippen LogP contribution >= 0.6 is 0 Å². The van der Waals surface area contributed by atoms with Gasteiger partial charge >= 0.3 is 0 Å². The summed E-state index contributed by atoms with van der Waals surface area (Å²) < 4.78 is 1.80. The minimum Gasteiger partial charge on any atom is -0.365 e. The van der Waals surface area contributed by atoms with E-state index in [1.165, 1.54) is 0 Å². The summed E-state index contributed by atoms with van der Waals surface area (Å²) in [4.78, 5) is 4.60. The number of nitrogens with zero attached hydrogens (tertiary/aromatic N) is 4. The van der Waals surface area contributed by atoms with Crippen LogP contribution in [0.3, 0.4) is 0 Å². The quantitative estimate of drug-likeness (QED) is 0.749. The van der Waals surface area contributed by atoms with Crippen LogP contribution < -0.4 is 5.32 Å². The molecule has 0 spiro atoms. The predicted molar refractivity (Wildman–Crippen MR) is 87.0 cm³/mol. The molecule has 0 unspecified atom stereocenters. The van der Waals surface area contributed by atoms with E-state index in [2.05, 4.69) is 28.0 Å². The smallest absolute Gasteiger partial charge is 0.165 e. The lowest BCUT2D eigenvalue weighted by atomic mass is 10.2. The first-order valence-electron chi connectivity index (χ1n) is 6.95. The third-order valence-electron chi connectivity index (χ3n) is 3.38. The van der Waals surface area contributed by atoms with Gasteiger partial charge in [-0.05, 0) is 25.1 Å². The summed E-state index contributed by atoms with van der Waals surface area (Å²) in [6.45, 7) is 6.14. The van der Waals surface area contributed by atoms with Gasteiger partial charge in [0.05, 0.1) is 16.9 Å². The maximum absolute atomic E-state index is 9.31. The van der Waals surface area contributed by atoms with Crippen LogP contribution in [-0.4, -0.2) is 21.3 Å². The molecule has 0 aliphatic heterocycles. The first-order chi connectivity index (χ1) is 10.7. The minimum atomic E-state index is 0.505. The van der Waals surface area contributed by atoms with Crippen molar-refractivity contribution in [2.24, 2.45) is 0 Å². The highest BCUT2D eigenvalue weighted by Gasteiger charge is 2.14. The Hall–Kier alpha value is -3.13. The lowest BCUT2D eigenvalue weighted by molar-refractivity contribution is 0.878. The molecule has 0 bridgehead atoms. The van der Waals surface area contributed by atoms with Crippen LogP contribution in [0.25, 0.3) is 16.7 Å². The van der Waals surface area contributed by atoms with Gasteiger partial charge in [-0.2, -0.15) is 10.4 Å². The lowest BCUT2D eigenvalue weighted by Crippen LogP contribution is -2.04. The number of hydrogen-bond donors (Lipinski definition) is 1. The molecule has 5 heteroatoms. The number of nitriles is 1. The maximum Gasteiger partial charge on any atom is 0.165 e. The van der Waals surface area contributed by atoms with Gasteiger partial charge in [0, 0.05) is 11.9 Å². The Labute approximate surface area is 128 Å². The van der Waals surface area contributed by atoms with Crippen molar-refractivity contribution in [2.45, 2.75) is 6.92 Å². The molecule has 0 saturated carbocycles. The molecule has 0 atom stereocenters. The number of aryl methyl sites for hydroxylation is 1. The van der Waals surface area contributed by atoms with Crippen LogP contribution in [0.2, 0.25) is 0 Å². The summed E-state index contributed by atoms with van der Waals surface area (Å²) in [6, 6.07) is 13.8. The normalized spacial score (nSPS) is 10.4. The number of benzene rings is 1. The third-order valence-corrected chi connectivity index (χ3v) is 3.38. The predicted octanol–water partition coefficient (Wildman–Crippen LogP) is 3.20. The van der Waals surface area contributed by atoms with Crippen LogP contribution in [0, 0.1) is 18.3 Å². The molecule has 22 heavy (non-hydrogen) atoms. The molecule has 0 saturated heterocycles. The average molecular weight is 289 g/mol. The van der Waals surface area contributed by atoms with Crippen molar-refractivity contribution < 1.29 is 0 Å². The van der Waals surface area contributed by atoms with Crippen molar-refractivity contribution in [3.05, 3.63) is 60.3 Å². The van der Waals surface area contributed by atoms with Crippen molar-refractivity contribution in [1.29, 1.82) is 5.26 Å². The van der Waals surface area contributed by atoms with Crippen molar-refractivity contribution in [3.63, 3.8) is 0 Å². The second-order valence-electron chi connectivity index (χ2n) is 4.87. The second kappa shape index (κ2) is 5.70. The fourth-order valence-electron chi connectivity index (χ4n) is 2.32. The number of rotatable bonds is 4. The van der Waals surface area contributed by atoms with Gasteiger partial charge in [0.2, 0.25) is 0 Å². The summed E-state index contributed by atoms with van der Waals surface area (Å²) in [7, 11) is 0. The first-order valence-corrected chi connectivity index (χ1v) is 6.95. The molecule has 0 aliphatic carbocycles. The highest BCUT2D eigenvalue weighted by atomic mass is 15.3. The first kappa shape index (κ1) is 13.8. The van der Waals surface area contributed by atoms with Crippen molar-refractivity contribution in [3.8, 4) is 11.8 Å². The standard InChI is InChI=1S/C17H15N5/c1-3-9-19-16-13(11-18)10-15-12(2)21-22(17(15)20-16)14-7-5-4-6-8-14/h3-8,10H,1,9H2,2H3,(H,19,20).